The predicted octanol–water partition coefficient (Wildman–Crippen LogP) is 7.25. The quantitative estimate of drug-likeness (QED) is 0.311. The molecule has 0 aliphatic carbocycles. The minimum Gasteiger partial charge on any atom is -0.508 e. The average molecular weight is 418 g/mol. The van der Waals surface area contributed by atoms with Crippen LogP contribution in [0, 0.1) is 0 Å². The van der Waals surface area contributed by atoms with E-state index in [0.717, 1.165) is 50.6 Å². The molecule has 0 atom stereocenters. The molecule has 6 rings (SSSR count). The summed E-state index contributed by atoms with van der Waals surface area (Å²) in [4.78, 5) is 0. The van der Waals surface area contributed by atoms with Gasteiger partial charge in [0.1, 0.15) is 23.0 Å². The van der Waals surface area contributed by atoms with E-state index in [1.165, 1.54) is 11.1 Å². The number of benzene rings is 5. The van der Waals surface area contributed by atoms with E-state index in [9.17, 15) is 10.2 Å². The molecule has 2 N–H and O–H groups in total. The summed E-state index contributed by atoms with van der Waals surface area (Å²) in [6.07, 6.45) is 0.992. The lowest BCUT2D eigenvalue weighted by Crippen LogP contribution is -2.13. The molecule has 1 heterocycles. The van der Waals surface area contributed by atoms with Gasteiger partial charge in [0.2, 0.25) is 0 Å². The van der Waals surface area contributed by atoms with Crippen LogP contribution in [0.2, 0.25) is 0 Å². The second-order valence-electron chi connectivity index (χ2n) is 8.40. The molecule has 0 saturated heterocycles. The lowest BCUT2D eigenvalue weighted by atomic mass is 9.78. The van der Waals surface area contributed by atoms with E-state index in [4.69, 9.17) is 4.74 Å². The van der Waals surface area contributed by atoms with Crippen molar-refractivity contribution in [3.05, 3.63) is 107 Å². The molecule has 5 aromatic carbocycles. The third-order valence-corrected chi connectivity index (χ3v) is 6.53. The molecule has 3 heteroatoms. The van der Waals surface area contributed by atoms with Crippen LogP contribution in [0.5, 0.6) is 23.0 Å². The third-order valence-electron chi connectivity index (χ3n) is 6.53. The van der Waals surface area contributed by atoms with Crippen molar-refractivity contribution in [2.75, 3.05) is 0 Å². The average Bonchev–Trinajstić information content (AvgIpc) is 2.82. The normalized spacial score (nSPS) is 13.0. The van der Waals surface area contributed by atoms with Crippen molar-refractivity contribution in [2.24, 2.45) is 0 Å². The van der Waals surface area contributed by atoms with Gasteiger partial charge in [0.15, 0.2) is 0 Å². The van der Waals surface area contributed by atoms with Gasteiger partial charge in [-0.15, -0.1) is 0 Å². The maximum atomic E-state index is 10.0. The molecule has 32 heavy (non-hydrogen) atoms. The molecule has 3 nitrogen and oxygen atoms in total. The Balaban J connectivity index is 1.71. The Bertz CT molecular complexity index is 1410. The van der Waals surface area contributed by atoms with E-state index in [-0.39, 0.29) is 17.4 Å². The zero-order valence-corrected chi connectivity index (χ0v) is 17.7. The van der Waals surface area contributed by atoms with Crippen LogP contribution < -0.4 is 4.74 Å². The molecule has 5 aromatic rings. The lowest BCUT2D eigenvalue weighted by molar-refractivity contribution is 0.455. The molecule has 0 spiro atoms. The smallest absolute Gasteiger partial charge is 0.132 e. The lowest BCUT2D eigenvalue weighted by Gasteiger charge is -2.31. The van der Waals surface area contributed by atoms with Gasteiger partial charge in [-0.3, -0.25) is 0 Å². The number of aromatic hydroxyl groups is 2. The SMILES string of the molecule is CCc1ccc(C2c3c(ccc4cc(O)ccc34)Oc3ccc4cc(O)ccc4c32)cc1. The van der Waals surface area contributed by atoms with E-state index in [1.807, 2.05) is 36.4 Å². The number of hydrogen-bond donors (Lipinski definition) is 2. The Labute approximate surface area is 186 Å². The molecule has 0 radical (unpaired) electrons. The van der Waals surface area contributed by atoms with Gasteiger partial charge in [-0.2, -0.15) is 0 Å². The monoisotopic (exact) mass is 418 g/mol. The highest BCUT2D eigenvalue weighted by molar-refractivity contribution is 5.95. The first-order valence-corrected chi connectivity index (χ1v) is 10.9. The van der Waals surface area contributed by atoms with E-state index < -0.39 is 0 Å². The zero-order chi connectivity index (χ0) is 21.8. The highest BCUT2D eigenvalue weighted by Crippen LogP contribution is 2.52. The number of rotatable bonds is 2. The molecular weight excluding hydrogens is 396 g/mol. The van der Waals surface area contributed by atoms with Crippen molar-refractivity contribution in [3.63, 3.8) is 0 Å². The van der Waals surface area contributed by atoms with Gasteiger partial charge in [0.05, 0.1) is 0 Å². The first kappa shape index (κ1) is 18.8. The summed E-state index contributed by atoms with van der Waals surface area (Å²) in [5.74, 6) is 2.12. The molecule has 0 saturated carbocycles. The standard InChI is InChI=1S/C29H22O3/c1-2-17-3-5-18(6-4-17)27-28-23-11-9-21(30)15-19(23)7-13-25(28)32-26-14-8-20-16-22(31)10-12-24(20)29(26)27/h3-16,27,30-31H,2H2,1H3. The number of aryl methyl sites for hydroxylation is 1. The second-order valence-corrected chi connectivity index (χ2v) is 8.40. The summed E-state index contributed by atoms with van der Waals surface area (Å²) >= 11 is 0. The number of phenols is 2. The van der Waals surface area contributed by atoms with Gasteiger partial charge in [0.25, 0.3) is 0 Å². The first-order valence-electron chi connectivity index (χ1n) is 10.9. The van der Waals surface area contributed by atoms with Crippen molar-refractivity contribution >= 4 is 21.5 Å². The van der Waals surface area contributed by atoms with Gasteiger partial charge in [-0.1, -0.05) is 55.5 Å². The fourth-order valence-corrected chi connectivity index (χ4v) is 4.96. The Morgan fingerprint density at radius 3 is 1.69 bits per heavy atom. The highest BCUT2D eigenvalue weighted by atomic mass is 16.5. The molecule has 0 amide bonds. The van der Waals surface area contributed by atoms with Crippen LogP contribution >= 0.6 is 0 Å². The maximum absolute atomic E-state index is 10.0. The second kappa shape index (κ2) is 7.03. The Morgan fingerprint density at radius 1 is 0.656 bits per heavy atom. The Kier molecular flexibility index (Phi) is 4.12. The molecule has 0 bridgehead atoms. The molecule has 0 fully saturated rings. The predicted molar refractivity (Wildman–Crippen MR) is 128 cm³/mol. The van der Waals surface area contributed by atoms with Gasteiger partial charge < -0.3 is 14.9 Å². The summed E-state index contributed by atoms with van der Waals surface area (Å²) in [5.41, 5.74) is 4.68. The summed E-state index contributed by atoms with van der Waals surface area (Å²) < 4.78 is 6.43. The van der Waals surface area contributed by atoms with E-state index in [0.29, 0.717) is 0 Å². The van der Waals surface area contributed by atoms with E-state index in [1.54, 1.807) is 24.3 Å². The van der Waals surface area contributed by atoms with Crippen LogP contribution in [-0.2, 0) is 6.42 Å². The zero-order valence-electron chi connectivity index (χ0n) is 17.7. The fourth-order valence-electron chi connectivity index (χ4n) is 4.96. The van der Waals surface area contributed by atoms with Crippen LogP contribution in [0.1, 0.15) is 35.1 Å². The Morgan fingerprint density at radius 2 is 1.19 bits per heavy atom. The maximum Gasteiger partial charge on any atom is 0.132 e. The summed E-state index contributed by atoms with van der Waals surface area (Å²) in [6, 6.07) is 27.8. The number of fused-ring (bicyclic) bond motifs is 6. The van der Waals surface area contributed by atoms with Gasteiger partial charge in [-0.05, 0) is 75.5 Å². The van der Waals surface area contributed by atoms with Crippen molar-refractivity contribution in [2.45, 2.75) is 19.3 Å². The summed E-state index contributed by atoms with van der Waals surface area (Å²) in [5, 5.41) is 24.2. The largest absolute Gasteiger partial charge is 0.508 e. The van der Waals surface area contributed by atoms with Crippen LogP contribution in [0.3, 0.4) is 0 Å². The first-order chi connectivity index (χ1) is 15.6. The minimum absolute atomic E-state index is 0.0406. The van der Waals surface area contributed by atoms with Crippen molar-refractivity contribution in [3.8, 4) is 23.0 Å². The van der Waals surface area contributed by atoms with E-state index >= 15 is 0 Å². The van der Waals surface area contributed by atoms with Crippen LogP contribution in [-0.4, -0.2) is 10.2 Å². The van der Waals surface area contributed by atoms with Crippen molar-refractivity contribution < 1.29 is 14.9 Å². The fraction of sp³-hybridized carbons (Fsp3) is 0.103. The number of hydrogen-bond acceptors (Lipinski definition) is 3. The Hall–Kier alpha value is -3.98. The molecule has 0 unspecified atom stereocenters. The molecule has 1 aliphatic rings. The van der Waals surface area contributed by atoms with Crippen molar-refractivity contribution in [1.82, 2.24) is 0 Å². The van der Waals surface area contributed by atoms with Crippen LogP contribution in [0.15, 0.2) is 84.9 Å². The highest BCUT2D eigenvalue weighted by Gasteiger charge is 2.32. The number of ether oxygens (including phenoxy) is 1. The summed E-state index contributed by atoms with van der Waals surface area (Å²) in [6.45, 7) is 2.16. The molecular formula is C29H22O3. The van der Waals surface area contributed by atoms with Gasteiger partial charge >= 0.3 is 0 Å². The third kappa shape index (κ3) is 2.82. The van der Waals surface area contributed by atoms with Gasteiger partial charge in [-0.25, -0.2) is 0 Å². The van der Waals surface area contributed by atoms with Gasteiger partial charge in [0, 0.05) is 17.0 Å². The van der Waals surface area contributed by atoms with E-state index in [2.05, 4.69) is 31.2 Å². The topological polar surface area (TPSA) is 49.7 Å². The number of phenolic OH excluding ortho intramolecular Hbond substituents is 2. The van der Waals surface area contributed by atoms with Crippen LogP contribution in [0.4, 0.5) is 0 Å². The van der Waals surface area contributed by atoms with Crippen LogP contribution in [0.25, 0.3) is 21.5 Å². The minimum atomic E-state index is -0.0406. The molecule has 0 aromatic heterocycles. The molecule has 156 valence electrons. The van der Waals surface area contributed by atoms with Crippen molar-refractivity contribution in [1.29, 1.82) is 0 Å². The summed E-state index contributed by atoms with van der Waals surface area (Å²) in [7, 11) is 0. The molecule has 1 aliphatic heterocycles.